The van der Waals surface area contributed by atoms with Crippen LogP contribution < -0.4 is 34.7 Å². The standard InChI is InChI=1S/C9H7N.C2H4O2.Na/c1-2-6-9-8(4-1)5-3-7-10-9;1-2(3)4;/h1-7H;1H3,(H,3,4);/q;;+1/p-1. The minimum Gasteiger partial charge on any atom is -0.550 e. The second-order valence-corrected chi connectivity index (χ2v) is 2.69. The van der Waals surface area contributed by atoms with Gasteiger partial charge in [-0.05, 0) is 19.1 Å². The molecule has 0 radical (unpaired) electrons. The molecular weight excluding hydrogens is 201 g/mol. The Morgan fingerprint density at radius 2 is 1.73 bits per heavy atom. The number of pyridine rings is 1. The summed E-state index contributed by atoms with van der Waals surface area (Å²) in [5, 5.41) is 10.1. The summed E-state index contributed by atoms with van der Waals surface area (Å²) in [4.78, 5) is 13.1. The van der Waals surface area contributed by atoms with E-state index in [-0.39, 0.29) is 29.6 Å². The quantitative estimate of drug-likeness (QED) is 0.473. The molecule has 0 bridgehead atoms. The van der Waals surface area contributed by atoms with Crippen molar-refractivity contribution in [2.24, 2.45) is 0 Å². The number of carboxylic acids is 1. The molecule has 0 amide bonds. The van der Waals surface area contributed by atoms with Crippen LogP contribution >= 0.6 is 0 Å². The Balaban J connectivity index is 0.000000346. The molecule has 2 rings (SSSR count). The largest absolute Gasteiger partial charge is 1.00 e. The topological polar surface area (TPSA) is 53.0 Å². The van der Waals surface area contributed by atoms with Crippen molar-refractivity contribution >= 4 is 16.9 Å². The average molecular weight is 211 g/mol. The first-order valence-electron chi connectivity index (χ1n) is 4.17. The molecule has 15 heavy (non-hydrogen) atoms. The Bertz CT molecular complexity index is 362. The third-order valence-corrected chi connectivity index (χ3v) is 1.51. The monoisotopic (exact) mass is 211 g/mol. The number of fused-ring (bicyclic) bond motifs is 1. The first-order valence-corrected chi connectivity index (χ1v) is 4.17. The normalized spacial score (nSPS) is 8.33. The van der Waals surface area contributed by atoms with Gasteiger partial charge in [0.15, 0.2) is 0 Å². The van der Waals surface area contributed by atoms with E-state index in [2.05, 4.69) is 17.1 Å². The molecule has 0 spiro atoms. The fourth-order valence-electron chi connectivity index (χ4n) is 1.02. The second-order valence-electron chi connectivity index (χ2n) is 2.69. The number of aliphatic carboxylic acids is 1. The van der Waals surface area contributed by atoms with Gasteiger partial charge in [0.1, 0.15) is 0 Å². The molecule has 2 aromatic rings. The van der Waals surface area contributed by atoms with Crippen LogP contribution in [0.15, 0.2) is 42.6 Å². The van der Waals surface area contributed by atoms with E-state index in [1.807, 2.05) is 30.5 Å². The smallest absolute Gasteiger partial charge is 0.550 e. The predicted octanol–water partition coefficient (Wildman–Crippen LogP) is -2.00. The molecule has 0 aliphatic rings. The summed E-state index contributed by atoms with van der Waals surface area (Å²) >= 11 is 0. The maximum atomic E-state index is 8.89. The molecule has 0 atom stereocenters. The Morgan fingerprint density at radius 3 is 2.33 bits per heavy atom. The van der Waals surface area contributed by atoms with Gasteiger partial charge in [-0.25, -0.2) is 0 Å². The zero-order valence-corrected chi connectivity index (χ0v) is 10.8. The summed E-state index contributed by atoms with van der Waals surface area (Å²) in [5.41, 5.74) is 1.06. The molecule has 0 saturated carbocycles. The number of hydrogen-bond donors (Lipinski definition) is 0. The van der Waals surface area contributed by atoms with E-state index in [9.17, 15) is 0 Å². The molecule has 1 heterocycles. The Morgan fingerprint density at radius 1 is 1.20 bits per heavy atom. The first-order chi connectivity index (χ1) is 6.70. The van der Waals surface area contributed by atoms with Gasteiger partial charge in [-0.2, -0.15) is 0 Å². The number of carbonyl (C=O) groups excluding carboxylic acids is 1. The SMILES string of the molecule is CC(=O)[O-].[Na+].c1ccc2ncccc2c1. The molecule has 0 aliphatic carbocycles. The van der Waals surface area contributed by atoms with Crippen LogP contribution in [-0.2, 0) is 4.79 Å². The third-order valence-electron chi connectivity index (χ3n) is 1.51. The van der Waals surface area contributed by atoms with Crippen molar-refractivity contribution < 1.29 is 39.5 Å². The fourth-order valence-corrected chi connectivity index (χ4v) is 1.02. The van der Waals surface area contributed by atoms with E-state index in [1.165, 1.54) is 5.39 Å². The number of para-hydroxylation sites is 1. The maximum Gasteiger partial charge on any atom is 1.00 e. The number of aromatic nitrogens is 1. The molecular formula is C11H10NNaO2. The molecule has 72 valence electrons. The van der Waals surface area contributed by atoms with Crippen LogP contribution in [-0.4, -0.2) is 11.0 Å². The van der Waals surface area contributed by atoms with E-state index >= 15 is 0 Å². The number of benzene rings is 1. The van der Waals surface area contributed by atoms with Gasteiger partial charge in [-0.3, -0.25) is 4.98 Å². The van der Waals surface area contributed by atoms with Gasteiger partial charge in [0.25, 0.3) is 0 Å². The number of carboxylic acid groups (broad SMARTS) is 1. The zero-order valence-electron chi connectivity index (χ0n) is 8.81. The molecule has 1 aromatic carbocycles. The van der Waals surface area contributed by atoms with Gasteiger partial charge in [0.05, 0.1) is 5.52 Å². The summed E-state index contributed by atoms with van der Waals surface area (Å²) in [5.74, 6) is -1.08. The molecule has 3 nitrogen and oxygen atoms in total. The van der Waals surface area contributed by atoms with Gasteiger partial charge in [0, 0.05) is 17.6 Å². The van der Waals surface area contributed by atoms with Crippen LogP contribution in [0.25, 0.3) is 10.9 Å². The molecule has 0 fully saturated rings. The summed E-state index contributed by atoms with van der Waals surface area (Å²) in [6.45, 7) is 0.972. The third kappa shape index (κ3) is 5.52. The molecule has 1 aromatic heterocycles. The van der Waals surface area contributed by atoms with Crippen molar-refractivity contribution in [1.29, 1.82) is 0 Å². The van der Waals surface area contributed by atoms with E-state index in [1.54, 1.807) is 0 Å². The van der Waals surface area contributed by atoms with E-state index < -0.39 is 5.97 Å². The van der Waals surface area contributed by atoms with Crippen LogP contribution in [0.4, 0.5) is 0 Å². The van der Waals surface area contributed by atoms with Crippen molar-refractivity contribution in [2.75, 3.05) is 0 Å². The Labute approximate surface area is 110 Å². The minimum atomic E-state index is -1.08. The maximum absolute atomic E-state index is 8.89. The van der Waals surface area contributed by atoms with Crippen LogP contribution in [0, 0.1) is 0 Å². The second kappa shape index (κ2) is 7.40. The van der Waals surface area contributed by atoms with Crippen molar-refractivity contribution in [3.63, 3.8) is 0 Å². The van der Waals surface area contributed by atoms with E-state index in [0.717, 1.165) is 12.4 Å². The van der Waals surface area contributed by atoms with E-state index in [0.29, 0.717) is 0 Å². The summed E-state index contributed by atoms with van der Waals surface area (Å²) in [7, 11) is 0. The van der Waals surface area contributed by atoms with Crippen LogP contribution in [0.3, 0.4) is 0 Å². The van der Waals surface area contributed by atoms with Gasteiger partial charge < -0.3 is 9.90 Å². The van der Waals surface area contributed by atoms with Crippen LogP contribution in [0.2, 0.25) is 0 Å². The number of carbonyl (C=O) groups is 1. The van der Waals surface area contributed by atoms with Gasteiger partial charge in [0.2, 0.25) is 0 Å². The van der Waals surface area contributed by atoms with Crippen molar-refractivity contribution in [2.45, 2.75) is 6.92 Å². The van der Waals surface area contributed by atoms with Crippen molar-refractivity contribution in [3.8, 4) is 0 Å². The Kier molecular flexibility index (Phi) is 6.96. The molecule has 0 aliphatic heterocycles. The van der Waals surface area contributed by atoms with E-state index in [4.69, 9.17) is 9.90 Å². The molecule has 0 saturated heterocycles. The first kappa shape index (κ1) is 14.1. The molecule has 0 unspecified atom stereocenters. The van der Waals surface area contributed by atoms with Gasteiger partial charge >= 0.3 is 29.6 Å². The summed E-state index contributed by atoms with van der Waals surface area (Å²) < 4.78 is 0. The average Bonchev–Trinajstić information content (AvgIpc) is 2.17. The van der Waals surface area contributed by atoms with Crippen molar-refractivity contribution in [1.82, 2.24) is 4.98 Å². The zero-order chi connectivity index (χ0) is 10.4. The van der Waals surface area contributed by atoms with Gasteiger partial charge in [-0.1, -0.05) is 24.3 Å². The van der Waals surface area contributed by atoms with Gasteiger partial charge in [-0.15, -0.1) is 0 Å². The summed E-state index contributed by atoms with van der Waals surface area (Å²) in [6.07, 6.45) is 1.81. The number of hydrogen-bond acceptors (Lipinski definition) is 3. The summed E-state index contributed by atoms with van der Waals surface area (Å²) in [6, 6.07) is 12.1. The van der Waals surface area contributed by atoms with Crippen LogP contribution in [0.1, 0.15) is 6.92 Å². The Hall–Kier alpha value is -0.900. The molecule has 4 heteroatoms. The predicted molar refractivity (Wildman–Crippen MR) is 52.4 cm³/mol. The minimum absolute atomic E-state index is 0. The molecule has 0 N–H and O–H groups in total. The van der Waals surface area contributed by atoms with Crippen LogP contribution in [0.5, 0.6) is 0 Å². The fraction of sp³-hybridized carbons (Fsp3) is 0.0909. The van der Waals surface area contributed by atoms with Crippen molar-refractivity contribution in [3.05, 3.63) is 42.6 Å². The number of nitrogens with zero attached hydrogens (tertiary/aromatic N) is 1. The number of rotatable bonds is 0.